The van der Waals surface area contributed by atoms with Crippen molar-refractivity contribution in [1.29, 1.82) is 0 Å². The molecule has 1 heterocycles. The number of carbonyl (C=O) groups excluding carboxylic acids is 1. The number of nitrogens with one attached hydrogen (secondary N) is 2. The van der Waals surface area contributed by atoms with Gasteiger partial charge in [-0.3, -0.25) is 9.00 Å². The fraction of sp³-hybridized carbons (Fsp3) is 0.909. The molecule has 2 N–H and O–H groups in total. The molecular formula is C11H22N2O2S. The van der Waals surface area contributed by atoms with Crippen molar-refractivity contribution in [3.8, 4) is 0 Å². The van der Waals surface area contributed by atoms with Crippen molar-refractivity contribution >= 4 is 16.7 Å². The Labute approximate surface area is 100 Å². The molecule has 1 aliphatic rings. The van der Waals surface area contributed by atoms with Gasteiger partial charge in [-0.2, -0.15) is 0 Å². The molecule has 94 valence electrons. The Morgan fingerprint density at radius 1 is 1.56 bits per heavy atom. The highest BCUT2D eigenvalue weighted by atomic mass is 32.2. The Morgan fingerprint density at radius 3 is 3.00 bits per heavy atom. The molecule has 1 saturated heterocycles. The Kier molecular flexibility index (Phi) is 6.64. The van der Waals surface area contributed by atoms with Crippen LogP contribution in [0.5, 0.6) is 0 Å². The second kappa shape index (κ2) is 7.79. The third-order valence-electron chi connectivity index (χ3n) is 2.87. The van der Waals surface area contributed by atoms with Gasteiger partial charge in [-0.1, -0.05) is 0 Å². The van der Waals surface area contributed by atoms with Gasteiger partial charge < -0.3 is 10.6 Å². The molecule has 0 aromatic heterocycles. The van der Waals surface area contributed by atoms with E-state index in [-0.39, 0.29) is 5.91 Å². The molecular weight excluding hydrogens is 224 g/mol. The Bertz CT molecular complexity index is 240. The first kappa shape index (κ1) is 13.6. The average Bonchev–Trinajstić information content (AvgIpc) is 2.74. The summed E-state index contributed by atoms with van der Waals surface area (Å²) in [5.41, 5.74) is 0. The van der Waals surface area contributed by atoms with Crippen LogP contribution in [0.2, 0.25) is 0 Å². The van der Waals surface area contributed by atoms with Crippen LogP contribution in [0.3, 0.4) is 0 Å². The zero-order valence-corrected chi connectivity index (χ0v) is 10.8. The molecule has 1 aliphatic heterocycles. The first-order valence-corrected chi connectivity index (χ1v) is 7.68. The molecule has 0 aliphatic carbocycles. The first-order chi connectivity index (χ1) is 7.68. The quantitative estimate of drug-likeness (QED) is 0.634. The molecule has 2 unspecified atom stereocenters. The molecule has 5 heteroatoms. The van der Waals surface area contributed by atoms with E-state index in [1.165, 1.54) is 6.42 Å². The van der Waals surface area contributed by atoms with Gasteiger partial charge in [0.05, 0.1) is 0 Å². The van der Waals surface area contributed by atoms with Crippen molar-refractivity contribution in [2.75, 3.05) is 31.6 Å². The zero-order chi connectivity index (χ0) is 11.8. The summed E-state index contributed by atoms with van der Waals surface area (Å²) < 4.78 is 10.8. The lowest BCUT2D eigenvalue weighted by Gasteiger charge is -2.08. The second-order valence-electron chi connectivity index (χ2n) is 4.38. The second-order valence-corrected chi connectivity index (χ2v) is 5.93. The van der Waals surface area contributed by atoms with Gasteiger partial charge in [0.1, 0.15) is 0 Å². The molecule has 0 aromatic carbocycles. The van der Waals surface area contributed by atoms with Crippen LogP contribution in [-0.4, -0.2) is 41.8 Å². The molecule has 0 saturated carbocycles. The number of hydrogen-bond donors (Lipinski definition) is 2. The third kappa shape index (κ3) is 6.23. The van der Waals surface area contributed by atoms with Crippen LogP contribution >= 0.6 is 0 Å². The van der Waals surface area contributed by atoms with E-state index in [1.807, 2.05) is 0 Å². The summed E-state index contributed by atoms with van der Waals surface area (Å²) in [7, 11) is -0.745. The molecule has 16 heavy (non-hydrogen) atoms. The van der Waals surface area contributed by atoms with E-state index in [2.05, 4.69) is 10.6 Å². The van der Waals surface area contributed by atoms with Crippen LogP contribution in [0.1, 0.15) is 25.7 Å². The first-order valence-electron chi connectivity index (χ1n) is 5.96. The van der Waals surface area contributed by atoms with Crippen molar-refractivity contribution in [3.63, 3.8) is 0 Å². The van der Waals surface area contributed by atoms with Crippen molar-refractivity contribution in [1.82, 2.24) is 10.6 Å². The van der Waals surface area contributed by atoms with Crippen molar-refractivity contribution in [2.24, 2.45) is 5.92 Å². The van der Waals surface area contributed by atoms with Crippen LogP contribution < -0.4 is 10.6 Å². The van der Waals surface area contributed by atoms with Gasteiger partial charge in [0.25, 0.3) is 0 Å². The molecule has 0 bridgehead atoms. The molecule has 1 fully saturated rings. The van der Waals surface area contributed by atoms with Crippen molar-refractivity contribution in [2.45, 2.75) is 25.7 Å². The Hall–Kier alpha value is -0.420. The molecule has 2 atom stereocenters. The van der Waals surface area contributed by atoms with Gasteiger partial charge in [0, 0.05) is 35.8 Å². The summed E-state index contributed by atoms with van der Waals surface area (Å²) >= 11 is 0. The van der Waals surface area contributed by atoms with Gasteiger partial charge in [0.15, 0.2) is 0 Å². The molecule has 0 spiro atoms. The van der Waals surface area contributed by atoms with Gasteiger partial charge in [-0.15, -0.1) is 0 Å². The van der Waals surface area contributed by atoms with E-state index < -0.39 is 10.8 Å². The van der Waals surface area contributed by atoms with Gasteiger partial charge in [-0.05, 0) is 38.3 Å². The predicted octanol–water partition coefficient (Wildman–Crippen LogP) is 0.261. The summed E-state index contributed by atoms with van der Waals surface area (Å²) in [6, 6.07) is 0. The minimum absolute atomic E-state index is 0.133. The van der Waals surface area contributed by atoms with Crippen LogP contribution in [-0.2, 0) is 15.6 Å². The maximum atomic E-state index is 11.4. The third-order valence-corrected chi connectivity index (χ3v) is 3.74. The molecule has 0 radical (unpaired) electrons. The standard InChI is InChI=1S/C11H22N2O2S/c1-16(15)8-2-6-13-11(14)4-3-10-5-7-12-9-10/h10,12H,2-9H2,1H3,(H,13,14). The maximum absolute atomic E-state index is 11.4. The highest BCUT2D eigenvalue weighted by Gasteiger charge is 2.15. The summed E-state index contributed by atoms with van der Waals surface area (Å²) in [6.45, 7) is 2.80. The molecule has 4 nitrogen and oxygen atoms in total. The number of carbonyl (C=O) groups is 1. The molecule has 1 amide bonds. The van der Waals surface area contributed by atoms with E-state index in [1.54, 1.807) is 6.26 Å². The van der Waals surface area contributed by atoms with Gasteiger partial charge >= 0.3 is 0 Å². The largest absolute Gasteiger partial charge is 0.356 e. The van der Waals surface area contributed by atoms with E-state index in [4.69, 9.17) is 0 Å². The van der Waals surface area contributed by atoms with Crippen LogP contribution in [0.4, 0.5) is 0 Å². The SMILES string of the molecule is CS(=O)CCCNC(=O)CCC1CCNC1. The lowest BCUT2D eigenvalue weighted by molar-refractivity contribution is -0.121. The van der Waals surface area contributed by atoms with Crippen LogP contribution in [0.25, 0.3) is 0 Å². The maximum Gasteiger partial charge on any atom is 0.220 e. The van der Waals surface area contributed by atoms with Crippen molar-refractivity contribution < 1.29 is 9.00 Å². The molecule has 0 aromatic rings. The van der Waals surface area contributed by atoms with E-state index in [0.717, 1.165) is 25.9 Å². The average molecular weight is 246 g/mol. The minimum atomic E-state index is -0.745. The lowest BCUT2D eigenvalue weighted by Crippen LogP contribution is -2.25. The summed E-state index contributed by atoms with van der Waals surface area (Å²) in [5.74, 6) is 1.48. The van der Waals surface area contributed by atoms with E-state index in [9.17, 15) is 9.00 Å². The normalized spacial score (nSPS) is 21.9. The number of amides is 1. The topological polar surface area (TPSA) is 58.2 Å². The van der Waals surface area contributed by atoms with Crippen molar-refractivity contribution in [3.05, 3.63) is 0 Å². The number of hydrogen-bond acceptors (Lipinski definition) is 3. The Balaban J connectivity index is 1.95. The monoisotopic (exact) mass is 246 g/mol. The molecule has 1 rings (SSSR count). The van der Waals surface area contributed by atoms with Gasteiger partial charge in [-0.25, -0.2) is 0 Å². The lowest BCUT2D eigenvalue weighted by atomic mass is 10.0. The summed E-state index contributed by atoms with van der Waals surface area (Å²) in [6.07, 6.45) is 5.30. The number of rotatable bonds is 7. The summed E-state index contributed by atoms with van der Waals surface area (Å²) in [5, 5.41) is 6.16. The fourth-order valence-corrected chi connectivity index (χ4v) is 2.44. The predicted molar refractivity (Wildman–Crippen MR) is 66.8 cm³/mol. The highest BCUT2D eigenvalue weighted by molar-refractivity contribution is 7.84. The highest BCUT2D eigenvalue weighted by Crippen LogP contribution is 2.13. The minimum Gasteiger partial charge on any atom is -0.356 e. The smallest absolute Gasteiger partial charge is 0.220 e. The van der Waals surface area contributed by atoms with E-state index in [0.29, 0.717) is 24.6 Å². The fourth-order valence-electron chi connectivity index (χ4n) is 1.89. The zero-order valence-electron chi connectivity index (χ0n) is 9.96. The van der Waals surface area contributed by atoms with Crippen LogP contribution in [0, 0.1) is 5.92 Å². The van der Waals surface area contributed by atoms with E-state index >= 15 is 0 Å². The van der Waals surface area contributed by atoms with Crippen LogP contribution in [0.15, 0.2) is 0 Å². The summed E-state index contributed by atoms with van der Waals surface area (Å²) in [4.78, 5) is 11.4. The Morgan fingerprint density at radius 2 is 2.38 bits per heavy atom. The van der Waals surface area contributed by atoms with Gasteiger partial charge in [0.2, 0.25) is 5.91 Å².